The molecule has 100 valence electrons. The summed E-state index contributed by atoms with van der Waals surface area (Å²) in [6.45, 7) is 1.68. The molecule has 0 spiro atoms. The van der Waals surface area contributed by atoms with Crippen LogP contribution in [-0.4, -0.2) is 16.1 Å². The molecule has 0 saturated heterocycles. The van der Waals surface area contributed by atoms with E-state index < -0.39 is 11.8 Å². The molecule has 0 aliphatic rings. The van der Waals surface area contributed by atoms with Crippen molar-refractivity contribution in [3.63, 3.8) is 0 Å². The number of halogens is 1. The van der Waals surface area contributed by atoms with Gasteiger partial charge in [0.05, 0.1) is 11.6 Å². The van der Waals surface area contributed by atoms with Gasteiger partial charge >= 0.3 is 5.97 Å². The van der Waals surface area contributed by atoms with Crippen LogP contribution in [0.1, 0.15) is 21.6 Å². The van der Waals surface area contributed by atoms with Gasteiger partial charge in [0.1, 0.15) is 17.1 Å². The van der Waals surface area contributed by atoms with Crippen molar-refractivity contribution in [2.75, 3.05) is 0 Å². The molecule has 0 unspecified atom stereocenters. The third kappa shape index (κ3) is 2.90. The molecular weight excluding hydrogens is 263 g/mol. The molecule has 0 aliphatic carbocycles. The fraction of sp³-hybridized carbons (Fsp3) is 0.0714. The van der Waals surface area contributed by atoms with E-state index in [1.807, 2.05) is 6.07 Å². The molecule has 1 aromatic heterocycles. The van der Waals surface area contributed by atoms with Crippen molar-refractivity contribution in [1.29, 1.82) is 5.26 Å². The SMILES string of the molecule is Cc1cc(C#N)cc(Oc2ccc(F)cc2C(=O)O)n1. The first-order valence-electron chi connectivity index (χ1n) is 5.59. The van der Waals surface area contributed by atoms with E-state index in [4.69, 9.17) is 15.1 Å². The Morgan fingerprint density at radius 1 is 1.40 bits per heavy atom. The number of carboxylic acid groups (broad SMARTS) is 1. The maximum absolute atomic E-state index is 13.1. The Morgan fingerprint density at radius 3 is 2.80 bits per heavy atom. The molecule has 0 aliphatic heterocycles. The van der Waals surface area contributed by atoms with Gasteiger partial charge in [-0.2, -0.15) is 5.26 Å². The van der Waals surface area contributed by atoms with Gasteiger partial charge in [0, 0.05) is 11.8 Å². The van der Waals surface area contributed by atoms with E-state index in [2.05, 4.69) is 4.98 Å². The van der Waals surface area contributed by atoms with E-state index >= 15 is 0 Å². The van der Waals surface area contributed by atoms with Crippen LogP contribution in [0.3, 0.4) is 0 Å². The monoisotopic (exact) mass is 272 g/mol. The Morgan fingerprint density at radius 2 is 2.15 bits per heavy atom. The molecule has 0 bridgehead atoms. The second-order valence-corrected chi connectivity index (χ2v) is 3.99. The predicted octanol–water partition coefficient (Wildman–Crippen LogP) is 2.89. The highest BCUT2D eigenvalue weighted by molar-refractivity contribution is 5.91. The summed E-state index contributed by atoms with van der Waals surface area (Å²) in [5.74, 6) is -1.95. The van der Waals surface area contributed by atoms with Crippen molar-refractivity contribution in [1.82, 2.24) is 4.98 Å². The zero-order chi connectivity index (χ0) is 14.7. The summed E-state index contributed by atoms with van der Waals surface area (Å²) < 4.78 is 18.4. The standard InChI is InChI=1S/C14H9FN2O3/c1-8-4-9(7-16)5-13(17-8)20-12-3-2-10(15)6-11(12)14(18)19/h2-6H,1H3,(H,18,19). The number of hydrogen-bond acceptors (Lipinski definition) is 4. The quantitative estimate of drug-likeness (QED) is 0.928. The number of carbonyl (C=O) groups is 1. The van der Waals surface area contributed by atoms with Crippen molar-refractivity contribution >= 4 is 5.97 Å². The van der Waals surface area contributed by atoms with E-state index in [0.717, 1.165) is 12.1 Å². The topological polar surface area (TPSA) is 83.2 Å². The molecule has 2 aromatic rings. The molecule has 1 heterocycles. The third-order valence-electron chi connectivity index (χ3n) is 2.45. The predicted molar refractivity (Wildman–Crippen MR) is 67.1 cm³/mol. The second kappa shape index (κ2) is 5.36. The molecule has 0 radical (unpaired) electrons. The van der Waals surface area contributed by atoms with Crippen LogP contribution in [-0.2, 0) is 0 Å². The van der Waals surface area contributed by atoms with E-state index in [0.29, 0.717) is 11.3 Å². The molecule has 1 N–H and O–H groups in total. The van der Waals surface area contributed by atoms with Crippen LogP contribution in [0.2, 0.25) is 0 Å². The van der Waals surface area contributed by atoms with Gasteiger partial charge in [0.25, 0.3) is 0 Å². The second-order valence-electron chi connectivity index (χ2n) is 3.99. The number of benzene rings is 1. The number of pyridine rings is 1. The van der Waals surface area contributed by atoms with E-state index in [-0.39, 0.29) is 17.2 Å². The summed E-state index contributed by atoms with van der Waals surface area (Å²) in [5.41, 5.74) is 0.580. The highest BCUT2D eigenvalue weighted by Crippen LogP contribution is 2.25. The first-order chi connectivity index (χ1) is 9.49. The van der Waals surface area contributed by atoms with Gasteiger partial charge in [-0.25, -0.2) is 14.2 Å². The lowest BCUT2D eigenvalue weighted by Gasteiger charge is -2.08. The molecule has 6 heteroatoms. The number of rotatable bonds is 3. The zero-order valence-electron chi connectivity index (χ0n) is 10.4. The van der Waals surface area contributed by atoms with Crippen molar-refractivity contribution in [3.05, 3.63) is 53.0 Å². The number of nitriles is 1. The number of hydrogen-bond donors (Lipinski definition) is 1. The van der Waals surface area contributed by atoms with Gasteiger partial charge < -0.3 is 9.84 Å². The lowest BCUT2D eigenvalue weighted by atomic mass is 10.2. The largest absolute Gasteiger partial charge is 0.478 e. The zero-order valence-corrected chi connectivity index (χ0v) is 10.4. The molecule has 0 atom stereocenters. The number of aromatic carboxylic acids is 1. The molecule has 0 saturated carbocycles. The van der Waals surface area contributed by atoms with Gasteiger partial charge in [-0.3, -0.25) is 0 Å². The summed E-state index contributed by atoms with van der Waals surface area (Å²) in [4.78, 5) is 15.1. The molecule has 0 amide bonds. The van der Waals surface area contributed by atoms with E-state index in [1.54, 1.807) is 13.0 Å². The minimum Gasteiger partial charge on any atom is -0.478 e. The summed E-state index contributed by atoms with van der Waals surface area (Å²) >= 11 is 0. The van der Waals surface area contributed by atoms with Crippen LogP contribution in [0.15, 0.2) is 30.3 Å². The van der Waals surface area contributed by atoms with Crippen molar-refractivity contribution in [2.24, 2.45) is 0 Å². The number of aromatic nitrogens is 1. The molecule has 2 rings (SSSR count). The fourth-order valence-electron chi connectivity index (χ4n) is 1.63. The Hall–Kier alpha value is -2.94. The smallest absolute Gasteiger partial charge is 0.339 e. The van der Waals surface area contributed by atoms with Crippen LogP contribution in [0.5, 0.6) is 11.6 Å². The minimum atomic E-state index is -1.31. The molecule has 1 aromatic carbocycles. The number of carboxylic acids is 1. The highest BCUT2D eigenvalue weighted by Gasteiger charge is 2.14. The number of ether oxygens (including phenoxy) is 1. The Balaban J connectivity index is 2.42. The van der Waals surface area contributed by atoms with Crippen LogP contribution in [0.4, 0.5) is 4.39 Å². The van der Waals surface area contributed by atoms with Crippen molar-refractivity contribution < 1.29 is 19.0 Å². The summed E-state index contributed by atoms with van der Waals surface area (Å²) in [5, 5.41) is 17.9. The first kappa shape index (κ1) is 13.5. The number of aryl methyl sites for hydroxylation is 1. The van der Waals surface area contributed by atoms with Crippen LogP contribution >= 0.6 is 0 Å². The summed E-state index contributed by atoms with van der Waals surface area (Å²) in [6, 6.07) is 8.04. The lowest BCUT2D eigenvalue weighted by Crippen LogP contribution is -2.02. The molecular formula is C14H9FN2O3. The first-order valence-corrected chi connectivity index (χ1v) is 5.59. The summed E-state index contributed by atoms with van der Waals surface area (Å²) in [6.07, 6.45) is 0. The van der Waals surface area contributed by atoms with Crippen molar-refractivity contribution in [2.45, 2.75) is 6.92 Å². The van der Waals surface area contributed by atoms with Gasteiger partial charge in [0.15, 0.2) is 0 Å². The van der Waals surface area contributed by atoms with Crippen LogP contribution in [0.25, 0.3) is 0 Å². The van der Waals surface area contributed by atoms with Gasteiger partial charge in [0.2, 0.25) is 5.88 Å². The molecule has 5 nitrogen and oxygen atoms in total. The van der Waals surface area contributed by atoms with Gasteiger partial charge in [-0.15, -0.1) is 0 Å². The Labute approximate surface area is 113 Å². The average molecular weight is 272 g/mol. The van der Waals surface area contributed by atoms with Gasteiger partial charge in [-0.05, 0) is 31.2 Å². The Kier molecular flexibility index (Phi) is 3.62. The maximum Gasteiger partial charge on any atom is 0.339 e. The average Bonchev–Trinajstić information content (AvgIpc) is 2.40. The lowest BCUT2D eigenvalue weighted by molar-refractivity contribution is 0.0693. The summed E-state index contributed by atoms with van der Waals surface area (Å²) in [7, 11) is 0. The maximum atomic E-state index is 13.1. The van der Waals surface area contributed by atoms with E-state index in [9.17, 15) is 9.18 Å². The number of nitrogens with zero attached hydrogens (tertiary/aromatic N) is 2. The normalized spacial score (nSPS) is 9.85. The van der Waals surface area contributed by atoms with E-state index in [1.165, 1.54) is 12.1 Å². The Bertz CT molecular complexity index is 723. The van der Waals surface area contributed by atoms with Crippen molar-refractivity contribution in [3.8, 4) is 17.7 Å². The molecule has 0 fully saturated rings. The third-order valence-corrected chi connectivity index (χ3v) is 2.45. The highest BCUT2D eigenvalue weighted by atomic mass is 19.1. The minimum absolute atomic E-state index is 0.0408. The van der Waals surface area contributed by atoms with Crippen LogP contribution in [0, 0.1) is 24.1 Å². The molecule has 20 heavy (non-hydrogen) atoms. The van der Waals surface area contributed by atoms with Gasteiger partial charge in [-0.1, -0.05) is 0 Å². The van der Waals surface area contributed by atoms with Crippen LogP contribution < -0.4 is 4.74 Å². The fourth-order valence-corrected chi connectivity index (χ4v) is 1.63.